The summed E-state index contributed by atoms with van der Waals surface area (Å²) in [5.74, 6) is -0.150. The average Bonchev–Trinajstić information content (AvgIpc) is 1.99. The number of halogens is 3. The lowest BCUT2D eigenvalue weighted by Gasteiger charge is -2.04. The van der Waals surface area contributed by atoms with E-state index >= 15 is 0 Å². The van der Waals surface area contributed by atoms with Crippen molar-refractivity contribution in [3.05, 3.63) is 33.5 Å². The second kappa shape index (κ2) is 3.68. The fourth-order valence-corrected chi connectivity index (χ4v) is 1.92. The van der Waals surface area contributed by atoms with Gasteiger partial charge in [0.25, 0.3) is 0 Å². The van der Waals surface area contributed by atoms with Crippen molar-refractivity contribution in [2.45, 2.75) is 12.3 Å². The molecule has 0 amide bonds. The van der Waals surface area contributed by atoms with Gasteiger partial charge in [-0.2, -0.15) is 0 Å². The topological polar surface area (TPSA) is 0 Å². The lowest BCUT2D eigenvalue weighted by atomic mass is 10.1. The molecule has 0 bridgehead atoms. The molecule has 60 valence electrons. The minimum atomic E-state index is -0.150. The lowest BCUT2D eigenvalue weighted by Crippen LogP contribution is -1.91. The highest BCUT2D eigenvalue weighted by molar-refractivity contribution is 9.10. The summed E-state index contributed by atoms with van der Waals surface area (Å²) in [7, 11) is 0. The molecule has 0 aliphatic heterocycles. The van der Waals surface area contributed by atoms with Gasteiger partial charge in [-0.15, -0.1) is 0 Å². The molecule has 1 rings (SSSR count). The monoisotopic (exact) mass is 280 g/mol. The van der Waals surface area contributed by atoms with E-state index in [1.807, 2.05) is 6.92 Å². The molecule has 3 heteroatoms. The fourth-order valence-electron chi connectivity index (χ4n) is 0.859. The van der Waals surface area contributed by atoms with Gasteiger partial charge in [-0.05, 0) is 24.6 Å². The molecule has 0 saturated heterocycles. The summed E-state index contributed by atoms with van der Waals surface area (Å²) >= 11 is 6.57. The summed E-state index contributed by atoms with van der Waals surface area (Å²) in [5.41, 5.74) is 1.68. The molecule has 1 aromatic carbocycles. The fraction of sp³-hybridized carbons (Fsp3) is 0.250. The highest BCUT2D eigenvalue weighted by atomic mass is 79.9. The molecule has 0 radical (unpaired) electrons. The van der Waals surface area contributed by atoms with Crippen LogP contribution in [0.4, 0.5) is 4.39 Å². The van der Waals surface area contributed by atoms with E-state index < -0.39 is 0 Å². The third kappa shape index (κ3) is 1.82. The first kappa shape index (κ1) is 9.20. The van der Waals surface area contributed by atoms with Crippen LogP contribution in [0.15, 0.2) is 16.6 Å². The van der Waals surface area contributed by atoms with Crippen molar-refractivity contribution in [1.29, 1.82) is 0 Å². The molecule has 0 aliphatic carbocycles. The Balaban J connectivity index is 3.29. The summed E-state index contributed by atoms with van der Waals surface area (Å²) in [6.45, 7) is 1.89. The minimum absolute atomic E-state index is 0.150. The van der Waals surface area contributed by atoms with E-state index in [0.717, 1.165) is 15.6 Å². The Morgan fingerprint density at radius 2 is 2.09 bits per heavy atom. The van der Waals surface area contributed by atoms with Crippen molar-refractivity contribution in [1.82, 2.24) is 0 Å². The van der Waals surface area contributed by atoms with Gasteiger partial charge < -0.3 is 0 Å². The van der Waals surface area contributed by atoms with Crippen molar-refractivity contribution in [2.75, 3.05) is 0 Å². The first-order chi connectivity index (χ1) is 5.16. The second-order valence-electron chi connectivity index (χ2n) is 2.27. The molecular weight excluding hydrogens is 275 g/mol. The normalized spacial score (nSPS) is 10.2. The van der Waals surface area contributed by atoms with Crippen molar-refractivity contribution < 1.29 is 4.39 Å². The van der Waals surface area contributed by atoms with E-state index in [1.54, 1.807) is 6.07 Å². The molecule has 1 aromatic rings. The Kier molecular flexibility index (Phi) is 3.07. The molecule has 0 atom stereocenters. The molecule has 0 N–H and O–H groups in total. The number of alkyl halides is 1. The van der Waals surface area contributed by atoms with Gasteiger partial charge >= 0.3 is 0 Å². The lowest BCUT2D eigenvalue weighted by molar-refractivity contribution is 0.615. The van der Waals surface area contributed by atoms with Crippen LogP contribution in [0.5, 0.6) is 0 Å². The zero-order valence-corrected chi connectivity index (χ0v) is 9.17. The van der Waals surface area contributed by atoms with Crippen LogP contribution in [-0.2, 0) is 5.33 Å². The van der Waals surface area contributed by atoms with E-state index in [2.05, 4.69) is 31.9 Å². The van der Waals surface area contributed by atoms with Gasteiger partial charge in [-0.25, -0.2) is 4.39 Å². The van der Waals surface area contributed by atoms with Gasteiger partial charge in [0.1, 0.15) is 5.82 Å². The first-order valence-electron chi connectivity index (χ1n) is 3.16. The van der Waals surface area contributed by atoms with E-state index in [0.29, 0.717) is 5.33 Å². The smallest absolute Gasteiger partial charge is 0.127 e. The highest BCUT2D eigenvalue weighted by Crippen LogP contribution is 2.23. The molecule has 0 saturated carbocycles. The summed E-state index contributed by atoms with van der Waals surface area (Å²) < 4.78 is 13.9. The zero-order valence-electron chi connectivity index (χ0n) is 6.00. The largest absolute Gasteiger partial charge is 0.207 e. The number of rotatable bonds is 1. The molecule has 0 fully saturated rings. The van der Waals surface area contributed by atoms with E-state index in [1.165, 1.54) is 6.07 Å². The zero-order chi connectivity index (χ0) is 8.43. The molecule has 0 spiro atoms. The molecule has 0 aromatic heterocycles. The molecule has 0 aliphatic rings. The van der Waals surface area contributed by atoms with Gasteiger partial charge in [0.15, 0.2) is 0 Å². The Labute approximate surface area is 82.1 Å². The van der Waals surface area contributed by atoms with Gasteiger partial charge in [0, 0.05) is 15.4 Å². The van der Waals surface area contributed by atoms with E-state index in [4.69, 9.17) is 0 Å². The van der Waals surface area contributed by atoms with Crippen molar-refractivity contribution in [2.24, 2.45) is 0 Å². The maximum absolute atomic E-state index is 13.0. The quantitative estimate of drug-likeness (QED) is 0.687. The molecular formula is C8H7Br2F. The standard InChI is InChI=1S/C8H7Br2F/c1-5-6(4-9)8(11)3-2-7(5)10/h2-3H,4H2,1H3. The number of hydrogen-bond donors (Lipinski definition) is 0. The van der Waals surface area contributed by atoms with Crippen LogP contribution in [0.3, 0.4) is 0 Å². The van der Waals surface area contributed by atoms with Crippen LogP contribution in [0.2, 0.25) is 0 Å². The van der Waals surface area contributed by atoms with Crippen LogP contribution in [0, 0.1) is 12.7 Å². The van der Waals surface area contributed by atoms with Crippen molar-refractivity contribution >= 4 is 31.9 Å². The van der Waals surface area contributed by atoms with Gasteiger partial charge in [-0.3, -0.25) is 0 Å². The Morgan fingerprint density at radius 1 is 1.45 bits per heavy atom. The highest BCUT2D eigenvalue weighted by Gasteiger charge is 2.05. The maximum atomic E-state index is 13.0. The summed E-state index contributed by atoms with van der Waals surface area (Å²) in [6, 6.07) is 3.19. The van der Waals surface area contributed by atoms with Crippen LogP contribution in [0.25, 0.3) is 0 Å². The Morgan fingerprint density at radius 3 is 2.55 bits per heavy atom. The predicted molar refractivity (Wildman–Crippen MR) is 51.5 cm³/mol. The molecule has 0 heterocycles. The van der Waals surface area contributed by atoms with E-state index in [-0.39, 0.29) is 5.82 Å². The maximum Gasteiger partial charge on any atom is 0.127 e. The molecule has 0 nitrogen and oxygen atoms in total. The van der Waals surface area contributed by atoms with Crippen LogP contribution in [-0.4, -0.2) is 0 Å². The summed E-state index contributed by atoms with van der Waals surface area (Å²) in [4.78, 5) is 0. The Hall–Kier alpha value is 0.110. The third-order valence-corrected chi connectivity index (χ3v) is 3.03. The van der Waals surface area contributed by atoms with Crippen molar-refractivity contribution in [3.63, 3.8) is 0 Å². The summed E-state index contributed by atoms with van der Waals surface area (Å²) in [5, 5.41) is 0.560. The van der Waals surface area contributed by atoms with Gasteiger partial charge in [0.05, 0.1) is 0 Å². The Bertz CT molecular complexity index is 271. The SMILES string of the molecule is Cc1c(Br)ccc(F)c1CBr. The first-order valence-corrected chi connectivity index (χ1v) is 5.07. The minimum Gasteiger partial charge on any atom is -0.207 e. The van der Waals surface area contributed by atoms with Crippen molar-refractivity contribution in [3.8, 4) is 0 Å². The summed E-state index contributed by atoms with van der Waals surface area (Å²) in [6.07, 6.45) is 0. The average molecular weight is 282 g/mol. The number of hydrogen-bond acceptors (Lipinski definition) is 0. The second-order valence-corrected chi connectivity index (χ2v) is 3.68. The van der Waals surface area contributed by atoms with E-state index in [9.17, 15) is 4.39 Å². The molecule has 11 heavy (non-hydrogen) atoms. The third-order valence-electron chi connectivity index (χ3n) is 1.61. The van der Waals surface area contributed by atoms with Crippen LogP contribution >= 0.6 is 31.9 Å². The van der Waals surface area contributed by atoms with Gasteiger partial charge in [-0.1, -0.05) is 31.9 Å². The molecule has 0 unspecified atom stereocenters. The van der Waals surface area contributed by atoms with Crippen LogP contribution < -0.4 is 0 Å². The predicted octanol–water partition coefficient (Wildman–Crippen LogP) is 3.79. The number of benzene rings is 1. The van der Waals surface area contributed by atoms with Crippen LogP contribution in [0.1, 0.15) is 11.1 Å². The van der Waals surface area contributed by atoms with Gasteiger partial charge in [0.2, 0.25) is 0 Å².